The Labute approximate surface area is 111 Å². The van der Waals surface area contributed by atoms with E-state index in [0.29, 0.717) is 16.8 Å². The predicted octanol–water partition coefficient (Wildman–Crippen LogP) is 1.44. The van der Waals surface area contributed by atoms with Crippen molar-refractivity contribution >= 4 is 29.9 Å². The molecular formula is C12H13ClN4O. The number of guanidine groups is 1. The zero-order valence-electron chi connectivity index (χ0n) is 9.73. The number of Topliss-reactive ketones (excluding diaryl/α,β-unsaturated/α-hetero) is 1. The van der Waals surface area contributed by atoms with Gasteiger partial charge in [-0.2, -0.15) is 5.10 Å². The second-order valence-electron chi connectivity index (χ2n) is 3.72. The number of ketones is 1. The first-order chi connectivity index (χ1) is 8.09. The third kappa shape index (κ3) is 2.57. The fourth-order valence-corrected chi connectivity index (χ4v) is 1.68. The lowest BCUT2D eigenvalue weighted by molar-refractivity contribution is 0.103. The Kier molecular flexibility index (Phi) is 4.23. The van der Waals surface area contributed by atoms with Crippen molar-refractivity contribution in [1.29, 1.82) is 5.41 Å². The summed E-state index contributed by atoms with van der Waals surface area (Å²) < 4.78 is 0. The van der Waals surface area contributed by atoms with Crippen LogP contribution in [0.4, 0.5) is 0 Å². The lowest BCUT2D eigenvalue weighted by atomic mass is 9.90. The minimum Gasteiger partial charge on any atom is -0.369 e. The fraction of sp³-hybridized carbons (Fsp3) is 0.0833. The number of hydrazone groups is 1. The van der Waals surface area contributed by atoms with Crippen LogP contribution in [0.2, 0.25) is 0 Å². The van der Waals surface area contributed by atoms with Crippen LogP contribution >= 0.6 is 12.4 Å². The Bertz CT molecular complexity index is 563. The number of hydrogen-bond acceptors (Lipinski definition) is 3. The highest BCUT2D eigenvalue weighted by Gasteiger charge is 2.21. The second-order valence-corrected chi connectivity index (χ2v) is 3.72. The summed E-state index contributed by atoms with van der Waals surface area (Å²) in [6.45, 7) is 1.74. The van der Waals surface area contributed by atoms with E-state index >= 15 is 0 Å². The summed E-state index contributed by atoms with van der Waals surface area (Å²) in [5.74, 6) is -0.236. The standard InChI is InChI=1S/C12H12N4O.ClH/c1-7-6-10(15-16-12(13)14)8-4-2-3-5-9(8)11(7)17;/h2-6H,1H3,(H4,13,14,16);1H. The molecule has 0 radical (unpaired) electrons. The van der Waals surface area contributed by atoms with Crippen LogP contribution < -0.4 is 11.2 Å². The molecule has 0 heterocycles. The zero-order valence-corrected chi connectivity index (χ0v) is 10.5. The molecule has 0 spiro atoms. The summed E-state index contributed by atoms with van der Waals surface area (Å²) in [5.41, 5.74) is 10.1. The molecule has 94 valence electrons. The maximum absolute atomic E-state index is 11.9. The van der Waals surface area contributed by atoms with Crippen molar-refractivity contribution in [3.8, 4) is 0 Å². The third-order valence-corrected chi connectivity index (χ3v) is 2.46. The van der Waals surface area contributed by atoms with Gasteiger partial charge in [-0.15, -0.1) is 12.4 Å². The Balaban J connectivity index is 0.00000162. The monoisotopic (exact) mass is 264 g/mol. The van der Waals surface area contributed by atoms with Gasteiger partial charge in [0.25, 0.3) is 0 Å². The van der Waals surface area contributed by atoms with E-state index in [1.165, 1.54) is 0 Å². The first-order valence-corrected chi connectivity index (χ1v) is 5.09. The number of nitrogens with one attached hydrogen (secondary N) is 2. The molecule has 2 rings (SSSR count). The molecule has 1 aromatic carbocycles. The van der Waals surface area contributed by atoms with Crippen molar-refractivity contribution in [3.05, 3.63) is 47.0 Å². The highest BCUT2D eigenvalue weighted by atomic mass is 35.5. The van der Waals surface area contributed by atoms with E-state index in [-0.39, 0.29) is 24.1 Å². The van der Waals surface area contributed by atoms with Crippen LogP contribution in [0, 0.1) is 5.41 Å². The molecule has 0 aromatic heterocycles. The molecule has 6 heteroatoms. The summed E-state index contributed by atoms with van der Waals surface area (Å²) in [5, 5.41) is 11.1. The highest BCUT2D eigenvalue weighted by molar-refractivity contribution is 6.26. The largest absolute Gasteiger partial charge is 0.369 e. The number of nitrogens with two attached hydrogens (primary N) is 1. The Morgan fingerprint density at radius 3 is 2.56 bits per heavy atom. The number of fused-ring (bicyclic) bond motifs is 1. The van der Waals surface area contributed by atoms with E-state index in [0.717, 1.165) is 5.56 Å². The molecule has 0 aliphatic heterocycles. The number of carbonyl (C=O) groups excluding carboxylic acids is 1. The van der Waals surface area contributed by atoms with Crippen LogP contribution in [0.25, 0.3) is 0 Å². The second kappa shape index (κ2) is 5.46. The van der Waals surface area contributed by atoms with Crippen LogP contribution in [0.1, 0.15) is 22.8 Å². The van der Waals surface area contributed by atoms with Crippen LogP contribution in [0.3, 0.4) is 0 Å². The van der Waals surface area contributed by atoms with Crippen LogP contribution in [0.5, 0.6) is 0 Å². The summed E-state index contributed by atoms with van der Waals surface area (Å²) in [6.07, 6.45) is 1.68. The molecule has 1 aliphatic rings. The first-order valence-electron chi connectivity index (χ1n) is 5.09. The lowest BCUT2D eigenvalue weighted by Gasteiger charge is -2.14. The molecule has 0 saturated heterocycles. The number of hydrogen-bond donors (Lipinski definition) is 3. The molecule has 0 bridgehead atoms. The molecule has 0 unspecified atom stereocenters. The van der Waals surface area contributed by atoms with E-state index in [1.54, 1.807) is 19.1 Å². The summed E-state index contributed by atoms with van der Waals surface area (Å²) >= 11 is 0. The maximum atomic E-state index is 11.9. The molecule has 1 aliphatic carbocycles. The lowest BCUT2D eigenvalue weighted by Crippen LogP contribution is -2.27. The van der Waals surface area contributed by atoms with Crippen molar-refractivity contribution in [3.63, 3.8) is 0 Å². The van der Waals surface area contributed by atoms with Gasteiger partial charge in [-0.25, -0.2) is 5.43 Å². The van der Waals surface area contributed by atoms with Crippen molar-refractivity contribution in [2.45, 2.75) is 6.92 Å². The summed E-state index contributed by atoms with van der Waals surface area (Å²) in [6, 6.07) is 7.23. The van der Waals surface area contributed by atoms with Crippen molar-refractivity contribution < 1.29 is 4.79 Å². The van der Waals surface area contributed by atoms with E-state index in [2.05, 4.69) is 10.5 Å². The minimum atomic E-state index is -0.238. The molecular weight excluding hydrogens is 252 g/mol. The summed E-state index contributed by atoms with van der Waals surface area (Å²) in [4.78, 5) is 11.9. The Hall–Kier alpha value is -2.14. The van der Waals surface area contributed by atoms with Crippen LogP contribution in [-0.4, -0.2) is 17.5 Å². The molecule has 4 N–H and O–H groups in total. The smallest absolute Gasteiger partial charge is 0.206 e. The number of nitrogens with zero attached hydrogens (tertiary/aromatic N) is 1. The average molecular weight is 265 g/mol. The molecule has 1 aromatic rings. The topological polar surface area (TPSA) is 91.3 Å². The Morgan fingerprint density at radius 2 is 1.94 bits per heavy atom. The molecule has 5 nitrogen and oxygen atoms in total. The predicted molar refractivity (Wildman–Crippen MR) is 73.4 cm³/mol. The van der Waals surface area contributed by atoms with E-state index in [4.69, 9.17) is 11.1 Å². The van der Waals surface area contributed by atoms with Crippen molar-refractivity contribution in [2.24, 2.45) is 10.8 Å². The number of benzene rings is 1. The van der Waals surface area contributed by atoms with Crippen molar-refractivity contribution in [2.75, 3.05) is 0 Å². The number of rotatable bonds is 1. The summed E-state index contributed by atoms with van der Waals surface area (Å²) in [7, 11) is 0. The van der Waals surface area contributed by atoms with Gasteiger partial charge in [0.05, 0.1) is 5.71 Å². The van der Waals surface area contributed by atoms with Crippen LogP contribution in [0.15, 0.2) is 41.0 Å². The van der Waals surface area contributed by atoms with Gasteiger partial charge in [0, 0.05) is 11.1 Å². The zero-order chi connectivity index (χ0) is 12.4. The van der Waals surface area contributed by atoms with Crippen LogP contribution in [-0.2, 0) is 0 Å². The van der Waals surface area contributed by atoms with E-state index < -0.39 is 0 Å². The van der Waals surface area contributed by atoms with E-state index in [9.17, 15) is 4.79 Å². The highest BCUT2D eigenvalue weighted by Crippen LogP contribution is 2.20. The Morgan fingerprint density at radius 1 is 1.33 bits per heavy atom. The number of allylic oxidation sites excluding steroid dienone is 2. The fourth-order valence-electron chi connectivity index (χ4n) is 1.68. The SMILES string of the molecule is CC1=CC(=NNC(=N)N)c2ccccc2C1=O.Cl. The number of carbonyl (C=O) groups is 1. The van der Waals surface area contributed by atoms with Gasteiger partial charge in [-0.05, 0) is 18.6 Å². The minimum absolute atomic E-state index is 0. The van der Waals surface area contributed by atoms with Gasteiger partial charge < -0.3 is 5.73 Å². The van der Waals surface area contributed by atoms with Gasteiger partial charge in [0.1, 0.15) is 0 Å². The molecule has 18 heavy (non-hydrogen) atoms. The van der Waals surface area contributed by atoms with Gasteiger partial charge >= 0.3 is 0 Å². The molecule has 0 amide bonds. The van der Waals surface area contributed by atoms with E-state index in [1.807, 2.05) is 18.2 Å². The van der Waals surface area contributed by atoms with Gasteiger partial charge in [0.2, 0.25) is 5.96 Å². The normalized spacial score (nSPS) is 15.5. The quantitative estimate of drug-likeness (QED) is 0.407. The molecule has 0 saturated carbocycles. The first kappa shape index (κ1) is 13.9. The molecule has 0 atom stereocenters. The maximum Gasteiger partial charge on any atom is 0.206 e. The average Bonchev–Trinajstić information content (AvgIpc) is 2.32. The van der Waals surface area contributed by atoms with Gasteiger partial charge in [-0.1, -0.05) is 24.3 Å². The molecule has 0 fully saturated rings. The third-order valence-electron chi connectivity index (χ3n) is 2.46. The number of halogens is 1. The van der Waals surface area contributed by atoms with Gasteiger partial charge in [0.15, 0.2) is 5.78 Å². The van der Waals surface area contributed by atoms with Gasteiger partial charge in [-0.3, -0.25) is 10.2 Å². The van der Waals surface area contributed by atoms with Crippen molar-refractivity contribution in [1.82, 2.24) is 5.43 Å².